The van der Waals surface area contributed by atoms with Crippen molar-refractivity contribution < 1.29 is 22.9 Å². The summed E-state index contributed by atoms with van der Waals surface area (Å²) < 4.78 is 39.6. The molecule has 2 N–H and O–H groups in total. The summed E-state index contributed by atoms with van der Waals surface area (Å²) in [4.78, 5) is 14.5. The highest BCUT2D eigenvalue weighted by molar-refractivity contribution is 9.09. The highest BCUT2D eigenvalue weighted by Crippen LogP contribution is 2.44. The Morgan fingerprint density at radius 1 is 1.18 bits per heavy atom. The molecule has 1 saturated heterocycles. The van der Waals surface area contributed by atoms with Gasteiger partial charge in [0.25, 0.3) is 5.91 Å². The number of likely N-dealkylation sites (tertiary alicyclic amines) is 1. The first-order chi connectivity index (χ1) is 16.3. The van der Waals surface area contributed by atoms with E-state index in [4.69, 9.17) is 0 Å². The van der Waals surface area contributed by atoms with Crippen molar-refractivity contribution in [2.75, 3.05) is 11.9 Å². The van der Waals surface area contributed by atoms with Crippen molar-refractivity contribution in [1.29, 1.82) is 0 Å². The number of alkyl halides is 4. The number of halogens is 4. The zero-order valence-electron chi connectivity index (χ0n) is 17.8. The molecule has 5 atom stereocenters. The molecule has 1 aliphatic carbocycles. The molecule has 1 unspecified atom stereocenters. The van der Waals surface area contributed by atoms with E-state index in [0.29, 0.717) is 22.0 Å². The number of rotatable bonds is 6. The van der Waals surface area contributed by atoms with Crippen LogP contribution in [0.3, 0.4) is 0 Å². The number of carbonyl (C=O) groups is 1. The number of hydrogen-bond donors (Lipinski definition) is 2. The molecular weight excluding hydrogens is 549 g/mol. The first-order valence-corrected chi connectivity index (χ1v) is 13.4. The summed E-state index contributed by atoms with van der Waals surface area (Å²) in [6.45, 7) is 2.12. The number of quaternary nitrogens is 1. The number of anilines is 1. The topological polar surface area (TPSA) is 59.3 Å². The number of thioether (sulfide) groups is 1. The van der Waals surface area contributed by atoms with E-state index in [2.05, 4.69) is 55.7 Å². The van der Waals surface area contributed by atoms with Gasteiger partial charge in [-0.1, -0.05) is 75.4 Å². The molecule has 2 heterocycles. The van der Waals surface area contributed by atoms with E-state index in [1.807, 2.05) is 6.07 Å². The maximum Gasteiger partial charge on any atom is 0.416 e. The molecule has 5 nitrogen and oxygen atoms in total. The number of fused-ring (bicyclic) bond motifs is 2. The Kier molecular flexibility index (Phi) is 6.71. The third kappa shape index (κ3) is 5.02. The van der Waals surface area contributed by atoms with Crippen LogP contribution in [0.2, 0.25) is 0 Å². The van der Waals surface area contributed by atoms with Crippen molar-refractivity contribution in [3.05, 3.63) is 71.3 Å². The molecule has 0 spiro atoms. The lowest BCUT2D eigenvalue weighted by Gasteiger charge is -2.29. The van der Waals surface area contributed by atoms with Crippen LogP contribution in [0.5, 0.6) is 0 Å². The van der Waals surface area contributed by atoms with Gasteiger partial charge in [-0.3, -0.25) is 10.1 Å². The summed E-state index contributed by atoms with van der Waals surface area (Å²) in [5.74, 6) is -0.0352. The van der Waals surface area contributed by atoms with Crippen molar-refractivity contribution in [2.45, 2.75) is 39.6 Å². The van der Waals surface area contributed by atoms with Crippen LogP contribution in [0.15, 0.2) is 58.9 Å². The van der Waals surface area contributed by atoms with Crippen LogP contribution in [-0.4, -0.2) is 38.8 Å². The second-order valence-corrected chi connectivity index (χ2v) is 12.1. The Hall–Kier alpha value is -1.95. The summed E-state index contributed by atoms with van der Waals surface area (Å²) in [7, 11) is 0. The molecule has 2 fully saturated rings. The number of amides is 1. The summed E-state index contributed by atoms with van der Waals surface area (Å²) in [5, 5.41) is 11.5. The Bertz CT molecular complexity index is 1180. The molecule has 3 aromatic rings. The van der Waals surface area contributed by atoms with E-state index >= 15 is 0 Å². The van der Waals surface area contributed by atoms with Crippen LogP contribution in [-0.2, 0) is 12.7 Å². The van der Waals surface area contributed by atoms with Gasteiger partial charge < -0.3 is 4.90 Å². The molecule has 1 amide bonds. The van der Waals surface area contributed by atoms with E-state index in [1.165, 1.54) is 29.0 Å². The molecule has 2 aliphatic rings. The van der Waals surface area contributed by atoms with Crippen LogP contribution < -0.4 is 10.2 Å². The number of benzene rings is 2. The van der Waals surface area contributed by atoms with Gasteiger partial charge in [-0.05, 0) is 24.6 Å². The van der Waals surface area contributed by atoms with Gasteiger partial charge in [-0.15, -0.1) is 10.2 Å². The lowest BCUT2D eigenvalue weighted by Crippen LogP contribution is -3.15. The van der Waals surface area contributed by atoms with Gasteiger partial charge in [0.15, 0.2) is 4.34 Å². The van der Waals surface area contributed by atoms with E-state index in [-0.39, 0.29) is 10.7 Å². The number of nitrogens with one attached hydrogen (secondary N) is 2. The quantitative estimate of drug-likeness (QED) is 0.338. The molecule has 5 rings (SSSR count). The first kappa shape index (κ1) is 23.8. The Labute approximate surface area is 211 Å². The maximum atomic E-state index is 12.9. The molecule has 178 valence electrons. The minimum absolute atomic E-state index is 0.0744. The molecule has 1 aliphatic heterocycles. The summed E-state index contributed by atoms with van der Waals surface area (Å²) in [5.41, 5.74) is 0.385. The average molecular weight is 570 g/mol. The average Bonchev–Trinajstić information content (AvgIpc) is 3.46. The standard InChI is InChI=1S/C23H20BrF3N4OS2/c24-18-15-10-17(19(18)31(12-15)11-13-5-2-1-3-6-13)33-22-30-29-21(34-22)28-20(32)14-7-4-8-16(9-14)23(25,26)27/h1-9,15,17-19H,10-12H2,(H,28,29,32)/p+1/t15-,17+,18-,19-/m1/s1. The van der Waals surface area contributed by atoms with Crippen molar-refractivity contribution in [3.63, 3.8) is 0 Å². The minimum atomic E-state index is -4.51. The van der Waals surface area contributed by atoms with Crippen LogP contribution in [0.1, 0.15) is 27.9 Å². The van der Waals surface area contributed by atoms with Gasteiger partial charge in [0.05, 0.1) is 22.2 Å². The Morgan fingerprint density at radius 2 is 1.97 bits per heavy atom. The van der Waals surface area contributed by atoms with E-state index in [9.17, 15) is 18.0 Å². The zero-order chi connectivity index (χ0) is 23.9. The summed E-state index contributed by atoms with van der Waals surface area (Å²) in [6.07, 6.45) is -3.41. The van der Waals surface area contributed by atoms with E-state index in [0.717, 1.165) is 36.0 Å². The predicted octanol–water partition coefficient (Wildman–Crippen LogP) is 4.52. The second kappa shape index (κ2) is 9.60. The van der Waals surface area contributed by atoms with Gasteiger partial charge in [-0.2, -0.15) is 13.2 Å². The predicted molar refractivity (Wildman–Crippen MR) is 130 cm³/mol. The second-order valence-electron chi connectivity index (χ2n) is 8.55. The van der Waals surface area contributed by atoms with E-state index in [1.54, 1.807) is 16.7 Å². The maximum absolute atomic E-state index is 12.9. The third-order valence-corrected chi connectivity index (χ3v) is 9.89. The number of piperidine rings is 1. The molecule has 1 aromatic heterocycles. The molecule has 0 radical (unpaired) electrons. The lowest BCUT2D eigenvalue weighted by atomic mass is 10.1. The Balaban J connectivity index is 1.23. The molecular formula is C23H21BrF3N4OS2+. The normalized spacial score (nSPS) is 26.1. The smallest absolute Gasteiger partial charge is 0.327 e. The number of hydrogen-bond acceptors (Lipinski definition) is 5. The van der Waals surface area contributed by atoms with Gasteiger partial charge in [0.1, 0.15) is 12.6 Å². The highest BCUT2D eigenvalue weighted by atomic mass is 79.9. The molecule has 2 bridgehead atoms. The zero-order valence-corrected chi connectivity index (χ0v) is 21.0. The fourth-order valence-corrected chi connectivity index (χ4v) is 8.66. The van der Waals surface area contributed by atoms with Gasteiger partial charge in [0.2, 0.25) is 5.13 Å². The molecule has 2 aromatic carbocycles. The van der Waals surface area contributed by atoms with Crippen molar-refractivity contribution in [3.8, 4) is 0 Å². The van der Waals surface area contributed by atoms with Crippen molar-refractivity contribution >= 4 is 50.1 Å². The first-order valence-electron chi connectivity index (χ1n) is 10.8. The molecule has 1 saturated carbocycles. The van der Waals surface area contributed by atoms with Crippen LogP contribution in [0, 0.1) is 5.92 Å². The van der Waals surface area contributed by atoms with Gasteiger partial charge >= 0.3 is 6.18 Å². The molecule has 34 heavy (non-hydrogen) atoms. The van der Waals surface area contributed by atoms with E-state index < -0.39 is 17.6 Å². The van der Waals surface area contributed by atoms with Crippen LogP contribution in [0.4, 0.5) is 18.3 Å². The summed E-state index contributed by atoms with van der Waals surface area (Å²) in [6, 6.07) is 15.3. The highest BCUT2D eigenvalue weighted by Gasteiger charge is 2.55. The summed E-state index contributed by atoms with van der Waals surface area (Å²) >= 11 is 6.84. The number of carbonyl (C=O) groups excluding carboxylic acids is 1. The largest absolute Gasteiger partial charge is 0.416 e. The van der Waals surface area contributed by atoms with Crippen LogP contribution >= 0.6 is 39.0 Å². The van der Waals surface area contributed by atoms with Crippen molar-refractivity contribution in [2.24, 2.45) is 5.92 Å². The van der Waals surface area contributed by atoms with Crippen LogP contribution in [0.25, 0.3) is 0 Å². The van der Waals surface area contributed by atoms with Gasteiger partial charge in [0, 0.05) is 17.0 Å². The third-order valence-electron chi connectivity index (χ3n) is 6.33. The lowest BCUT2D eigenvalue weighted by molar-refractivity contribution is -0.929. The van der Waals surface area contributed by atoms with Crippen molar-refractivity contribution in [1.82, 2.24) is 10.2 Å². The Morgan fingerprint density at radius 3 is 2.71 bits per heavy atom. The fourth-order valence-electron chi connectivity index (χ4n) is 4.84. The number of nitrogens with zero attached hydrogens (tertiary/aromatic N) is 2. The SMILES string of the molecule is O=C(Nc1nnc(S[C@H]2C[C@@H]3C[NH+](Cc4ccccc4)[C@H]2[C@@H]3Br)s1)c1cccc(C(F)(F)F)c1. The molecule has 11 heteroatoms. The fraction of sp³-hybridized carbons (Fsp3) is 0.348. The van der Waals surface area contributed by atoms with Gasteiger partial charge in [-0.25, -0.2) is 0 Å². The monoisotopic (exact) mass is 569 g/mol. The number of aromatic nitrogens is 2. The minimum Gasteiger partial charge on any atom is -0.327 e.